The van der Waals surface area contributed by atoms with Gasteiger partial charge in [-0.05, 0) is 37.2 Å². The van der Waals surface area contributed by atoms with E-state index in [4.69, 9.17) is 4.99 Å². The molecular weight excluding hydrogens is 334 g/mol. The molecule has 1 saturated heterocycles. The summed E-state index contributed by atoms with van der Waals surface area (Å²) in [5.41, 5.74) is 3.76. The van der Waals surface area contributed by atoms with Crippen molar-refractivity contribution >= 4 is 11.6 Å². The van der Waals surface area contributed by atoms with E-state index in [9.17, 15) is 4.79 Å². The first-order chi connectivity index (χ1) is 12.2. The summed E-state index contributed by atoms with van der Waals surface area (Å²) in [6, 6.07) is 0.0978. The van der Waals surface area contributed by atoms with Crippen LogP contribution in [0.4, 0.5) is 0 Å². The van der Waals surface area contributed by atoms with Crippen LogP contribution in [0.2, 0.25) is 0 Å². The van der Waals surface area contributed by atoms with Crippen molar-refractivity contribution in [1.82, 2.24) is 9.80 Å². The second-order valence-corrected chi connectivity index (χ2v) is 10.4. The fraction of sp³-hybridized carbons (Fsp3) is 0.826. The fourth-order valence-electron chi connectivity index (χ4n) is 3.84. The number of hydrogen-bond donors (Lipinski definition) is 0. The molecule has 1 aliphatic rings. The van der Waals surface area contributed by atoms with Crippen LogP contribution in [-0.4, -0.2) is 53.6 Å². The van der Waals surface area contributed by atoms with Gasteiger partial charge in [0.25, 0.3) is 0 Å². The standard InChI is InChI=1S/C23H43N3O/c1-12-25-13-14-26(21(27)16(2)3)15-18(25)19(22(6,7)8)20(23(9,10)11)24-17(4)5/h16,20H,12-15H2,1-11H3/b19-18+. The van der Waals surface area contributed by atoms with Gasteiger partial charge in [-0.3, -0.25) is 9.79 Å². The Bertz CT molecular complexity index is 584. The SMILES string of the molecule is CCN1CCN(C(=O)C(C)C)C/C1=C(/C(N=C(C)C)C(C)(C)C)C(C)(C)C. The van der Waals surface area contributed by atoms with Crippen LogP contribution in [0.5, 0.6) is 0 Å². The van der Waals surface area contributed by atoms with E-state index >= 15 is 0 Å². The number of piperazine rings is 1. The quantitative estimate of drug-likeness (QED) is 0.646. The Morgan fingerprint density at radius 2 is 1.63 bits per heavy atom. The number of aliphatic imine (C=N–C) groups is 1. The second kappa shape index (κ2) is 8.79. The van der Waals surface area contributed by atoms with Gasteiger partial charge in [-0.15, -0.1) is 0 Å². The van der Waals surface area contributed by atoms with Gasteiger partial charge in [0, 0.05) is 37.0 Å². The van der Waals surface area contributed by atoms with Gasteiger partial charge in [0.05, 0.1) is 12.6 Å². The fourth-order valence-corrected chi connectivity index (χ4v) is 3.84. The van der Waals surface area contributed by atoms with E-state index < -0.39 is 0 Å². The summed E-state index contributed by atoms with van der Waals surface area (Å²) in [5.74, 6) is 0.283. The van der Waals surface area contributed by atoms with Crippen molar-refractivity contribution in [1.29, 1.82) is 0 Å². The summed E-state index contributed by atoms with van der Waals surface area (Å²) in [6.45, 7) is 27.4. The summed E-state index contributed by atoms with van der Waals surface area (Å²) in [5, 5.41) is 0. The predicted molar refractivity (Wildman–Crippen MR) is 117 cm³/mol. The molecule has 0 bridgehead atoms. The van der Waals surface area contributed by atoms with Crippen molar-refractivity contribution in [2.24, 2.45) is 21.7 Å². The minimum absolute atomic E-state index is 0.0105. The van der Waals surface area contributed by atoms with Gasteiger partial charge in [0.15, 0.2) is 0 Å². The van der Waals surface area contributed by atoms with Crippen molar-refractivity contribution < 1.29 is 4.79 Å². The van der Waals surface area contributed by atoms with Crippen molar-refractivity contribution in [2.75, 3.05) is 26.2 Å². The number of amides is 1. The maximum Gasteiger partial charge on any atom is 0.225 e. The molecule has 4 nitrogen and oxygen atoms in total. The van der Waals surface area contributed by atoms with E-state index in [1.165, 1.54) is 11.3 Å². The van der Waals surface area contributed by atoms with Crippen LogP contribution in [0.15, 0.2) is 16.3 Å². The number of rotatable bonds is 4. The van der Waals surface area contributed by atoms with Crippen molar-refractivity contribution in [3.8, 4) is 0 Å². The molecule has 1 unspecified atom stereocenters. The number of carbonyl (C=O) groups excluding carboxylic acids is 1. The molecule has 1 amide bonds. The highest BCUT2D eigenvalue weighted by atomic mass is 16.2. The molecule has 1 heterocycles. The van der Waals surface area contributed by atoms with E-state index in [0.717, 1.165) is 25.3 Å². The first-order valence-electron chi connectivity index (χ1n) is 10.5. The van der Waals surface area contributed by atoms with Crippen LogP contribution < -0.4 is 0 Å². The molecule has 0 aromatic rings. The highest BCUT2D eigenvalue weighted by Crippen LogP contribution is 2.41. The average molecular weight is 378 g/mol. The summed E-state index contributed by atoms with van der Waals surface area (Å²) in [7, 11) is 0. The Labute approximate surface area is 168 Å². The molecule has 0 radical (unpaired) electrons. The lowest BCUT2D eigenvalue weighted by Gasteiger charge is -2.45. The Hall–Kier alpha value is -1.32. The minimum Gasteiger partial charge on any atom is -0.372 e. The van der Waals surface area contributed by atoms with Crippen LogP contribution in [0, 0.1) is 16.7 Å². The summed E-state index contributed by atoms with van der Waals surface area (Å²) < 4.78 is 0. The average Bonchev–Trinajstić information content (AvgIpc) is 2.50. The molecule has 0 aromatic heterocycles. The van der Waals surface area contributed by atoms with Gasteiger partial charge in [0.1, 0.15) is 0 Å². The molecule has 0 saturated carbocycles. The van der Waals surface area contributed by atoms with E-state index in [1.54, 1.807) is 0 Å². The van der Waals surface area contributed by atoms with Crippen LogP contribution in [0.3, 0.4) is 0 Å². The zero-order valence-corrected chi connectivity index (χ0v) is 19.7. The van der Waals surface area contributed by atoms with Gasteiger partial charge in [0.2, 0.25) is 5.91 Å². The Morgan fingerprint density at radius 1 is 1.07 bits per heavy atom. The molecule has 0 aliphatic carbocycles. The monoisotopic (exact) mass is 377 g/mol. The van der Waals surface area contributed by atoms with Gasteiger partial charge in [-0.1, -0.05) is 55.4 Å². The molecule has 1 fully saturated rings. The van der Waals surface area contributed by atoms with Crippen LogP contribution >= 0.6 is 0 Å². The predicted octanol–water partition coefficient (Wildman–Crippen LogP) is 5.00. The number of carbonyl (C=O) groups is 1. The molecule has 1 aliphatic heterocycles. The Kier molecular flexibility index (Phi) is 7.72. The second-order valence-electron chi connectivity index (χ2n) is 10.4. The van der Waals surface area contributed by atoms with Crippen molar-refractivity contribution in [3.63, 3.8) is 0 Å². The van der Waals surface area contributed by atoms with Crippen LogP contribution in [-0.2, 0) is 4.79 Å². The Morgan fingerprint density at radius 3 is 2.00 bits per heavy atom. The highest BCUT2D eigenvalue weighted by Gasteiger charge is 2.39. The summed E-state index contributed by atoms with van der Waals surface area (Å²) in [6.07, 6.45) is 0. The molecule has 0 aromatic carbocycles. The molecular formula is C23H43N3O. The maximum atomic E-state index is 12.7. The van der Waals surface area contributed by atoms with Crippen LogP contribution in [0.1, 0.15) is 76.2 Å². The molecule has 1 rings (SSSR count). The zero-order chi connectivity index (χ0) is 21.2. The highest BCUT2D eigenvalue weighted by molar-refractivity contribution is 5.80. The van der Waals surface area contributed by atoms with Crippen molar-refractivity contribution in [3.05, 3.63) is 11.3 Å². The van der Waals surface area contributed by atoms with E-state index in [1.807, 2.05) is 18.7 Å². The first-order valence-corrected chi connectivity index (χ1v) is 10.5. The van der Waals surface area contributed by atoms with E-state index in [0.29, 0.717) is 6.54 Å². The lowest BCUT2D eigenvalue weighted by Crippen LogP contribution is -2.50. The topological polar surface area (TPSA) is 35.9 Å². The minimum atomic E-state index is -0.0243. The molecule has 0 spiro atoms. The van der Waals surface area contributed by atoms with Gasteiger partial charge >= 0.3 is 0 Å². The first kappa shape index (κ1) is 23.7. The number of nitrogens with zero attached hydrogens (tertiary/aromatic N) is 3. The van der Waals surface area contributed by atoms with Crippen LogP contribution in [0.25, 0.3) is 0 Å². The third-order valence-electron chi connectivity index (χ3n) is 5.15. The summed E-state index contributed by atoms with van der Waals surface area (Å²) in [4.78, 5) is 22.3. The number of hydrogen-bond acceptors (Lipinski definition) is 3. The van der Waals surface area contributed by atoms with Gasteiger partial charge < -0.3 is 9.80 Å². The molecule has 156 valence electrons. The summed E-state index contributed by atoms with van der Waals surface area (Å²) >= 11 is 0. The van der Waals surface area contributed by atoms with Gasteiger partial charge in [-0.25, -0.2) is 0 Å². The molecule has 1 atom stereocenters. The molecule has 0 N–H and O–H groups in total. The largest absolute Gasteiger partial charge is 0.372 e. The Balaban J connectivity index is 3.64. The van der Waals surface area contributed by atoms with E-state index in [2.05, 4.69) is 67.2 Å². The maximum absolute atomic E-state index is 12.7. The third-order valence-corrected chi connectivity index (χ3v) is 5.15. The number of likely N-dealkylation sites (N-methyl/N-ethyl adjacent to an activating group) is 1. The van der Waals surface area contributed by atoms with Crippen molar-refractivity contribution in [2.45, 2.75) is 82.2 Å². The lowest BCUT2D eigenvalue weighted by molar-refractivity contribution is -0.135. The van der Waals surface area contributed by atoms with Gasteiger partial charge in [-0.2, -0.15) is 0 Å². The molecule has 4 heteroatoms. The normalized spacial score (nSPS) is 19.3. The smallest absolute Gasteiger partial charge is 0.225 e. The lowest BCUT2D eigenvalue weighted by atomic mass is 9.71. The third kappa shape index (κ3) is 6.08. The molecule has 27 heavy (non-hydrogen) atoms. The van der Waals surface area contributed by atoms with E-state index in [-0.39, 0.29) is 28.7 Å². The zero-order valence-electron chi connectivity index (χ0n) is 19.7.